The van der Waals surface area contributed by atoms with Crippen molar-refractivity contribution < 1.29 is 32.2 Å². The van der Waals surface area contributed by atoms with Crippen molar-refractivity contribution in [2.45, 2.75) is 50.6 Å². The Morgan fingerprint density at radius 3 is 2.29 bits per heavy atom. The number of rotatable bonds is 9. The summed E-state index contributed by atoms with van der Waals surface area (Å²) in [5.74, 6) is -0.287. The summed E-state index contributed by atoms with van der Waals surface area (Å²) >= 11 is 0. The van der Waals surface area contributed by atoms with Crippen LogP contribution in [0.2, 0.25) is 0 Å². The topological polar surface area (TPSA) is 102 Å². The summed E-state index contributed by atoms with van der Waals surface area (Å²) in [5, 5.41) is 12.3. The first-order chi connectivity index (χ1) is 19.5. The molecule has 2 N–H and O–H groups in total. The zero-order chi connectivity index (χ0) is 29.1. The number of carboxylic acid groups (broad SMARTS) is 1. The highest BCUT2D eigenvalue weighted by Crippen LogP contribution is 2.48. The third-order valence-corrected chi connectivity index (χ3v) is 9.95. The molecule has 6 rings (SSSR count). The van der Waals surface area contributed by atoms with Crippen LogP contribution in [-0.2, 0) is 21.1 Å². The van der Waals surface area contributed by atoms with Gasteiger partial charge in [0.2, 0.25) is 5.44 Å². The number of benzene rings is 3. The van der Waals surface area contributed by atoms with Crippen molar-refractivity contribution >= 4 is 15.8 Å². The Bertz CT molecular complexity index is 1590. The van der Waals surface area contributed by atoms with Crippen LogP contribution in [-0.4, -0.2) is 44.3 Å². The summed E-state index contributed by atoms with van der Waals surface area (Å²) in [4.78, 5) is 11.2. The fourth-order valence-corrected chi connectivity index (χ4v) is 7.58. The third kappa shape index (κ3) is 5.33. The van der Waals surface area contributed by atoms with Gasteiger partial charge in [-0.25, -0.2) is 12.8 Å². The Morgan fingerprint density at radius 2 is 1.73 bits per heavy atom. The molecule has 216 valence electrons. The highest BCUT2D eigenvalue weighted by atomic mass is 32.2. The maximum absolute atomic E-state index is 15.3. The van der Waals surface area contributed by atoms with Crippen LogP contribution in [0.5, 0.6) is 11.5 Å². The minimum atomic E-state index is -3.41. The van der Waals surface area contributed by atoms with E-state index < -0.39 is 27.3 Å². The van der Waals surface area contributed by atoms with E-state index in [1.54, 1.807) is 0 Å². The monoisotopic (exact) mass is 579 g/mol. The molecule has 4 atom stereocenters. The van der Waals surface area contributed by atoms with Gasteiger partial charge in [-0.2, -0.15) is 0 Å². The van der Waals surface area contributed by atoms with Crippen molar-refractivity contribution in [1.29, 1.82) is 0 Å². The fraction of sp³-hybridized carbons (Fsp3) is 0.406. The van der Waals surface area contributed by atoms with E-state index >= 15 is 4.39 Å². The fourth-order valence-electron chi connectivity index (χ4n) is 6.41. The van der Waals surface area contributed by atoms with Gasteiger partial charge in [0.25, 0.3) is 0 Å². The van der Waals surface area contributed by atoms with Gasteiger partial charge in [0.1, 0.15) is 23.4 Å². The Hall–Kier alpha value is -3.43. The second kappa shape index (κ2) is 10.4. The molecule has 3 aromatic rings. The quantitative estimate of drug-likeness (QED) is 0.353. The van der Waals surface area contributed by atoms with Crippen molar-refractivity contribution in [2.75, 3.05) is 19.3 Å². The standard InChI is InChI=1S/C32H34FNO6S/c1-17-12-22(40-32(41(3,37)38)20-15-34-16-20)13-18(2)29(17)23-8-10-27(33)30-24(23)9-11-28(30)39-21-6-4-19(5-7-21)25-14-26(25)31(35)36/h4-8,10,12-13,20,25-26,28,32,34H,9,11,14-16H2,1-3H3,(H,35,36)/t25-,26+,28-,32?/m1/s1. The summed E-state index contributed by atoms with van der Waals surface area (Å²) in [6.45, 7) is 5.14. The smallest absolute Gasteiger partial charge is 0.307 e. The van der Waals surface area contributed by atoms with Gasteiger partial charge in [0.05, 0.1) is 5.92 Å². The first kappa shape index (κ1) is 27.7. The SMILES string of the molecule is Cc1cc(OC(C2CNC2)S(C)(=O)=O)cc(C)c1-c1ccc(F)c2c1CC[C@H]2Oc1ccc([C@H]2C[C@@H]2C(=O)O)cc1. The molecule has 1 saturated carbocycles. The lowest BCUT2D eigenvalue weighted by molar-refractivity contribution is -0.138. The Kier molecular flexibility index (Phi) is 7.06. The number of halogens is 1. The van der Waals surface area contributed by atoms with Gasteiger partial charge in [-0.1, -0.05) is 18.2 Å². The minimum absolute atomic E-state index is 0.0458. The lowest BCUT2D eigenvalue weighted by Crippen LogP contribution is -2.53. The molecule has 1 saturated heterocycles. The van der Waals surface area contributed by atoms with E-state index in [4.69, 9.17) is 9.47 Å². The largest absolute Gasteiger partial charge is 0.486 e. The van der Waals surface area contributed by atoms with Crippen LogP contribution in [0.1, 0.15) is 52.7 Å². The van der Waals surface area contributed by atoms with Crippen molar-refractivity contribution in [3.05, 3.63) is 82.2 Å². The van der Waals surface area contributed by atoms with E-state index in [0.717, 1.165) is 33.4 Å². The summed E-state index contributed by atoms with van der Waals surface area (Å²) in [6, 6.07) is 14.5. The highest BCUT2D eigenvalue weighted by molar-refractivity contribution is 7.91. The van der Waals surface area contributed by atoms with Crippen LogP contribution in [0.25, 0.3) is 11.1 Å². The first-order valence-electron chi connectivity index (χ1n) is 14.0. The molecule has 0 amide bonds. The molecule has 3 aromatic carbocycles. The number of hydrogen-bond acceptors (Lipinski definition) is 6. The minimum Gasteiger partial charge on any atom is -0.486 e. The van der Waals surface area contributed by atoms with Crippen LogP contribution in [0, 0.1) is 31.5 Å². The lowest BCUT2D eigenvalue weighted by atomic mass is 9.90. The van der Waals surface area contributed by atoms with Crippen LogP contribution in [0.3, 0.4) is 0 Å². The van der Waals surface area contributed by atoms with Gasteiger partial charge >= 0.3 is 5.97 Å². The van der Waals surface area contributed by atoms with E-state index in [1.165, 1.54) is 12.3 Å². The Labute approximate surface area is 239 Å². The van der Waals surface area contributed by atoms with Gasteiger partial charge in [0, 0.05) is 30.8 Å². The van der Waals surface area contributed by atoms with Crippen LogP contribution in [0.4, 0.5) is 4.39 Å². The van der Waals surface area contributed by atoms with E-state index in [-0.39, 0.29) is 23.6 Å². The normalized spacial score (nSPS) is 22.5. The van der Waals surface area contributed by atoms with E-state index in [1.807, 2.05) is 56.3 Å². The number of fused-ring (bicyclic) bond motifs is 1. The third-order valence-electron chi connectivity index (χ3n) is 8.62. The number of aryl methyl sites for hydroxylation is 2. The lowest BCUT2D eigenvalue weighted by Gasteiger charge is -2.33. The molecule has 9 heteroatoms. The van der Waals surface area contributed by atoms with Crippen molar-refractivity contribution in [3.8, 4) is 22.6 Å². The van der Waals surface area contributed by atoms with Gasteiger partial charge in [-0.3, -0.25) is 4.79 Å². The van der Waals surface area contributed by atoms with Gasteiger partial charge in [-0.05, 0) is 103 Å². The number of nitrogens with one attached hydrogen (secondary N) is 1. The highest BCUT2D eigenvalue weighted by Gasteiger charge is 2.44. The molecule has 7 nitrogen and oxygen atoms in total. The maximum atomic E-state index is 15.3. The molecule has 0 bridgehead atoms. The zero-order valence-electron chi connectivity index (χ0n) is 23.3. The molecule has 1 unspecified atom stereocenters. The van der Waals surface area contributed by atoms with E-state index in [0.29, 0.717) is 49.4 Å². The second-order valence-corrected chi connectivity index (χ2v) is 13.8. The average molecular weight is 580 g/mol. The molecule has 0 aromatic heterocycles. The molecule has 3 aliphatic rings. The molecule has 2 aliphatic carbocycles. The van der Waals surface area contributed by atoms with E-state index in [2.05, 4.69) is 5.32 Å². The van der Waals surface area contributed by atoms with Crippen LogP contribution >= 0.6 is 0 Å². The van der Waals surface area contributed by atoms with Crippen molar-refractivity contribution in [1.82, 2.24) is 5.32 Å². The molecular formula is C32H34FNO6S. The molecule has 1 heterocycles. The maximum Gasteiger partial charge on any atom is 0.307 e. The second-order valence-electron chi connectivity index (χ2n) is 11.7. The first-order valence-corrected chi connectivity index (χ1v) is 15.9. The number of carboxylic acids is 1. The number of ether oxygens (including phenoxy) is 2. The number of sulfone groups is 1. The molecular weight excluding hydrogens is 545 g/mol. The van der Waals surface area contributed by atoms with Gasteiger partial charge in [0.15, 0.2) is 9.84 Å². The molecule has 41 heavy (non-hydrogen) atoms. The molecule has 0 spiro atoms. The number of carbonyl (C=O) groups is 1. The molecule has 1 aliphatic heterocycles. The Morgan fingerprint density at radius 1 is 1.05 bits per heavy atom. The summed E-state index contributed by atoms with van der Waals surface area (Å²) in [7, 11) is -3.41. The van der Waals surface area contributed by atoms with Gasteiger partial charge in [-0.15, -0.1) is 0 Å². The summed E-state index contributed by atoms with van der Waals surface area (Å²) in [5.41, 5.74) is 5.34. The van der Waals surface area contributed by atoms with Crippen molar-refractivity contribution in [2.24, 2.45) is 11.8 Å². The zero-order valence-corrected chi connectivity index (χ0v) is 24.1. The average Bonchev–Trinajstić information content (AvgIpc) is 3.57. The predicted molar refractivity (Wildman–Crippen MR) is 154 cm³/mol. The molecule has 2 fully saturated rings. The summed E-state index contributed by atoms with van der Waals surface area (Å²) in [6.07, 6.45) is 2.73. The summed E-state index contributed by atoms with van der Waals surface area (Å²) < 4.78 is 52.4. The molecule has 0 radical (unpaired) electrons. The Balaban J connectivity index is 1.25. The number of hydrogen-bond donors (Lipinski definition) is 2. The number of aliphatic carboxylic acids is 1. The van der Waals surface area contributed by atoms with E-state index in [9.17, 15) is 18.3 Å². The van der Waals surface area contributed by atoms with Crippen LogP contribution < -0.4 is 14.8 Å². The van der Waals surface area contributed by atoms with Crippen molar-refractivity contribution in [3.63, 3.8) is 0 Å². The van der Waals surface area contributed by atoms with Crippen LogP contribution in [0.15, 0.2) is 48.5 Å². The van der Waals surface area contributed by atoms with Gasteiger partial charge < -0.3 is 19.9 Å². The predicted octanol–water partition coefficient (Wildman–Crippen LogP) is 5.33.